The molecule has 0 spiro atoms. The zero-order valence-electron chi connectivity index (χ0n) is 12.1. The summed E-state index contributed by atoms with van der Waals surface area (Å²) in [6.45, 7) is 4.76. The van der Waals surface area contributed by atoms with Gasteiger partial charge in [0.15, 0.2) is 0 Å². The summed E-state index contributed by atoms with van der Waals surface area (Å²) in [5, 5.41) is 12.6. The van der Waals surface area contributed by atoms with Gasteiger partial charge in [0.05, 0.1) is 12.1 Å². The van der Waals surface area contributed by atoms with Crippen molar-refractivity contribution in [1.29, 1.82) is 0 Å². The van der Waals surface area contributed by atoms with Gasteiger partial charge >= 0.3 is 0 Å². The van der Waals surface area contributed by atoms with Crippen LogP contribution in [0.3, 0.4) is 0 Å². The van der Waals surface area contributed by atoms with Crippen molar-refractivity contribution in [2.45, 2.75) is 31.7 Å². The summed E-state index contributed by atoms with van der Waals surface area (Å²) < 4.78 is 0. The van der Waals surface area contributed by atoms with Gasteiger partial charge in [-0.25, -0.2) is 0 Å². The van der Waals surface area contributed by atoms with E-state index in [4.69, 9.17) is 0 Å². The van der Waals surface area contributed by atoms with Crippen LogP contribution >= 0.6 is 0 Å². The second kappa shape index (κ2) is 6.86. The van der Waals surface area contributed by atoms with Crippen LogP contribution in [0, 0.1) is 0 Å². The number of nitrogens with one attached hydrogen (secondary N) is 1. The molecule has 1 aliphatic rings. The van der Waals surface area contributed by atoms with Gasteiger partial charge in [0.25, 0.3) is 0 Å². The van der Waals surface area contributed by atoms with Crippen molar-refractivity contribution in [2.75, 3.05) is 26.2 Å². The SMILES string of the molecule is CC(CO)(NC(=O)CCN1CCCC1)c1ccccc1. The second-order valence-electron chi connectivity index (χ2n) is 5.70. The number of hydrogen-bond donors (Lipinski definition) is 2. The Morgan fingerprint density at radius 1 is 1.30 bits per heavy atom. The number of carbonyl (C=O) groups is 1. The van der Waals surface area contributed by atoms with E-state index in [0.717, 1.165) is 25.2 Å². The minimum Gasteiger partial charge on any atom is -0.394 e. The highest BCUT2D eigenvalue weighted by molar-refractivity contribution is 5.77. The van der Waals surface area contributed by atoms with Crippen LogP contribution in [0.2, 0.25) is 0 Å². The van der Waals surface area contributed by atoms with Gasteiger partial charge in [-0.05, 0) is 38.4 Å². The van der Waals surface area contributed by atoms with E-state index in [2.05, 4.69) is 10.2 Å². The number of nitrogens with zero attached hydrogens (tertiary/aromatic N) is 1. The molecule has 0 bridgehead atoms. The van der Waals surface area contributed by atoms with Gasteiger partial charge in [-0.3, -0.25) is 4.79 Å². The predicted molar refractivity (Wildman–Crippen MR) is 79.3 cm³/mol. The normalized spacial score (nSPS) is 18.7. The first kappa shape index (κ1) is 15.0. The molecule has 1 aromatic carbocycles. The van der Waals surface area contributed by atoms with Gasteiger partial charge in [0.2, 0.25) is 5.91 Å². The van der Waals surface area contributed by atoms with Gasteiger partial charge in [-0.15, -0.1) is 0 Å². The van der Waals surface area contributed by atoms with Gasteiger partial charge in [0.1, 0.15) is 0 Å². The molecule has 1 aliphatic heterocycles. The lowest BCUT2D eigenvalue weighted by Gasteiger charge is -2.29. The van der Waals surface area contributed by atoms with Crippen molar-refractivity contribution < 1.29 is 9.90 Å². The molecule has 0 saturated carbocycles. The van der Waals surface area contributed by atoms with E-state index < -0.39 is 5.54 Å². The molecule has 1 unspecified atom stereocenters. The summed E-state index contributed by atoms with van der Waals surface area (Å²) in [5.74, 6) is -0.00250. The van der Waals surface area contributed by atoms with Crippen LogP contribution in [0.4, 0.5) is 0 Å². The molecule has 0 aromatic heterocycles. The monoisotopic (exact) mass is 276 g/mol. The Morgan fingerprint density at radius 2 is 1.95 bits per heavy atom. The van der Waals surface area contributed by atoms with Crippen LogP contribution in [-0.2, 0) is 10.3 Å². The van der Waals surface area contributed by atoms with Crippen LogP contribution < -0.4 is 5.32 Å². The van der Waals surface area contributed by atoms with Gasteiger partial charge in [-0.1, -0.05) is 30.3 Å². The van der Waals surface area contributed by atoms with Gasteiger partial charge in [-0.2, -0.15) is 0 Å². The number of benzene rings is 1. The predicted octanol–water partition coefficient (Wildman–Crippen LogP) is 1.50. The van der Waals surface area contributed by atoms with Crippen LogP contribution in [0.15, 0.2) is 30.3 Å². The Labute approximate surface area is 120 Å². The standard InChI is InChI=1S/C16H24N2O2/c1-16(13-19,14-7-3-2-4-8-14)17-15(20)9-12-18-10-5-6-11-18/h2-4,7-8,19H,5-6,9-13H2,1H3,(H,17,20). The zero-order valence-corrected chi connectivity index (χ0v) is 12.1. The smallest absolute Gasteiger partial charge is 0.222 e. The summed E-state index contributed by atoms with van der Waals surface area (Å²) in [5.41, 5.74) is 0.223. The molecule has 2 N–H and O–H groups in total. The molecule has 1 fully saturated rings. The second-order valence-corrected chi connectivity index (χ2v) is 5.70. The third-order valence-corrected chi connectivity index (χ3v) is 4.00. The molecule has 1 saturated heterocycles. The first-order valence-corrected chi connectivity index (χ1v) is 7.34. The number of amides is 1. The molecule has 110 valence electrons. The summed E-state index contributed by atoms with van der Waals surface area (Å²) >= 11 is 0. The maximum atomic E-state index is 12.1. The van der Waals surface area contributed by atoms with Crippen molar-refractivity contribution in [3.05, 3.63) is 35.9 Å². The lowest BCUT2D eigenvalue weighted by Crippen LogP contribution is -2.47. The molecule has 4 nitrogen and oxygen atoms in total. The van der Waals surface area contributed by atoms with Crippen molar-refractivity contribution in [1.82, 2.24) is 10.2 Å². The van der Waals surface area contributed by atoms with E-state index in [1.165, 1.54) is 12.8 Å². The maximum absolute atomic E-state index is 12.1. The third kappa shape index (κ3) is 3.81. The minimum atomic E-state index is -0.705. The fourth-order valence-corrected chi connectivity index (χ4v) is 2.65. The molecule has 1 amide bonds. The van der Waals surface area contributed by atoms with Crippen LogP contribution in [-0.4, -0.2) is 42.2 Å². The van der Waals surface area contributed by atoms with Crippen LogP contribution in [0.1, 0.15) is 31.7 Å². The van der Waals surface area contributed by atoms with E-state index in [1.807, 2.05) is 37.3 Å². The lowest BCUT2D eigenvalue weighted by molar-refractivity contribution is -0.123. The summed E-state index contributed by atoms with van der Waals surface area (Å²) in [7, 11) is 0. The van der Waals surface area contributed by atoms with Crippen LogP contribution in [0.5, 0.6) is 0 Å². The fourth-order valence-electron chi connectivity index (χ4n) is 2.65. The van der Waals surface area contributed by atoms with Crippen molar-refractivity contribution in [2.24, 2.45) is 0 Å². The number of aliphatic hydroxyl groups excluding tert-OH is 1. The molecule has 20 heavy (non-hydrogen) atoms. The minimum absolute atomic E-state index is 0.00250. The molecule has 4 heteroatoms. The summed E-state index contributed by atoms with van der Waals surface area (Å²) in [4.78, 5) is 14.4. The van der Waals surface area contributed by atoms with Crippen molar-refractivity contribution in [3.8, 4) is 0 Å². The Morgan fingerprint density at radius 3 is 2.55 bits per heavy atom. The highest BCUT2D eigenvalue weighted by Crippen LogP contribution is 2.20. The summed E-state index contributed by atoms with van der Waals surface area (Å²) in [6, 6.07) is 9.61. The van der Waals surface area contributed by atoms with Crippen molar-refractivity contribution in [3.63, 3.8) is 0 Å². The number of aliphatic hydroxyl groups is 1. The average Bonchev–Trinajstić information content (AvgIpc) is 2.99. The first-order chi connectivity index (χ1) is 9.64. The van der Waals surface area contributed by atoms with Crippen molar-refractivity contribution >= 4 is 5.91 Å². The summed E-state index contributed by atoms with van der Waals surface area (Å²) in [6.07, 6.45) is 2.96. The van der Waals surface area contributed by atoms with E-state index in [0.29, 0.717) is 6.42 Å². The Bertz CT molecular complexity index is 429. The number of carbonyl (C=O) groups excluding carboxylic acids is 1. The molecule has 1 heterocycles. The zero-order chi connectivity index (χ0) is 14.4. The van der Waals surface area contributed by atoms with Crippen LogP contribution in [0.25, 0.3) is 0 Å². The van der Waals surface area contributed by atoms with E-state index in [-0.39, 0.29) is 12.5 Å². The number of rotatable bonds is 6. The van der Waals surface area contributed by atoms with E-state index in [9.17, 15) is 9.90 Å². The fraction of sp³-hybridized carbons (Fsp3) is 0.562. The van der Waals surface area contributed by atoms with Gasteiger partial charge < -0.3 is 15.3 Å². The Hall–Kier alpha value is -1.39. The maximum Gasteiger partial charge on any atom is 0.222 e. The molecule has 0 aliphatic carbocycles. The third-order valence-electron chi connectivity index (χ3n) is 4.00. The first-order valence-electron chi connectivity index (χ1n) is 7.34. The highest BCUT2D eigenvalue weighted by atomic mass is 16.3. The largest absolute Gasteiger partial charge is 0.394 e. The lowest BCUT2D eigenvalue weighted by atomic mass is 9.93. The Balaban J connectivity index is 1.90. The Kier molecular flexibility index (Phi) is 5.15. The van der Waals surface area contributed by atoms with E-state index >= 15 is 0 Å². The average molecular weight is 276 g/mol. The topological polar surface area (TPSA) is 52.6 Å². The molecule has 2 rings (SSSR count). The molecule has 0 radical (unpaired) electrons. The van der Waals surface area contributed by atoms with Gasteiger partial charge in [0, 0.05) is 13.0 Å². The molecule has 1 aromatic rings. The molecule has 1 atom stereocenters. The highest BCUT2D eigenvalue weighted by Gasteiger charge is 2.27. The number of hydrogen-bond acceptors (Lipinski definition) is 3. The molecular weight excluding hydrogens is 252 g/mol. The quantitative estimate of drug-likeness (QED) is 0.828. The van der Waals surface area contributed by atoms with E-state index in [1.54, 1.807) is 0 Å². The number of likely N-dealkylation sites (tertiary alicyclic amines) is 1. The molecular formula is C16H24N2O2.